The second-order valence-electron chi connectivity index (χ2n) is 7.97. The highest BCUT2D eigenvalue weighted by atomic mass is 16.6. The third-order valence-corrected chi connectivity index (χ3v) is 4.31. The van der Waals surface area contributed by atoms with Crippen molar-refractivity contribution in [2.24, 2.45) is 0 Å². The smallest absolute Gasteiger partial charge is 0.410 e. The van der Waals surface area contributed by atoms with Crippen LogP contribution in [0.2, 0.25) is 0 Å². The minimum atomic E-state index is -0.491. The maximum atomic E-state index is 12.2. The highest BCUT2D eigenvalue weighted by molar-refractivity contribution is 5.75. The van der Waals surface area contributed by atoms with Crippen LogP contribution in [0.25, 0.3) is 0 Å². The van der Waals surface area contributed by atoms with Gasteiger partial charge in [-0.05, 0) is 61.1 Å². The molecule has 0 aromatic carbocycles. The van der Waals surface area contributed by atoms with E-state index in [9.17, 15) is 9.59 Å². The summed E-state index contributed by atoms with van der Waals surface area (Å²) in [6.45, 7) is 13.8. The molecule has 0 saturated carbocycles. The van der Waals surface area contributed by atoms with Crippen molar-refractivity contribution >= 4 is 12.1 Å². The molecule has 1 N–H and O–H groups in total. The fourth-order valence-electron chi connectivity index (χ4n) is 2.47. The Kier molecular flexibility index (Phi) is 8.48. The van der Waals surface area contributed by atoms with Crippen molar-refractivity contribution in [3.05, 3.63) is 0 Å². The molecule has 0 radical (unpaired) electrons. The van der Waals surface area contributed by atoms with Gasteiger partial charge in [-0.15, -0.1) is 0 Å². The third-order valence-electron chi connectivity index (χ3n) is 4.31. The first kappa shape index (κ1) is 21.5. The Balaban J connectivity index is 2.20. The molecule has 25 heavy (non-hydrogen) atoms. The zero-order chi connectivity index (χ0) is 19.0. The lowest BCUT2D eigenvalue weighted by Gasteiger charge is -2.35. The van der Waals surface area contributed by atoms with Crippen LogP contribution < -0.4 is 5.32 Å². The molecular weight excluding hydrogens is 320 g/mol. The van der Waals surface area contributed by atoms with Gasteiger partial charge in [-0.3, -0.25) is 0 Å². The van der Waals surface area contributed by atoms with E-state index in [1.165, 1.54) is 0 Å². The van der Waals surface area contributed by atoms with Gasteiger partial charge in [0, 0.05) is 38.8 Å². The molecule has 0 aliphatic carbocycles. The molecule has 7 nitrogen and oxygen atoms in total. The first-order chi connectivity index (χ1) is 11.6. The lowest BCUT2D eigenvalue weighted by Crippen LogP contribution is -2.54. The van der Waals surface area contributed by atoms with Crippen LogP contribution in [0.5, 0.6) is 0 Å². The predicted octanol–water partition coefficient (Wildman–Crippen LogP) is 2.37. The molecule has 1 saturated heterocycles. The van der Waals surface area contributed by atoms with Crippen LogP contribution in [0.1, 0.15) is 47.5 Å². The topological polar surface area (TPSA) is 65.1 Å². The summed E-state index contributed by atoms with van der Waals surface area (Å²) in [5.41, 5.74) is -0.491. The molecule has 0 aromatic heterocycles. The van der Waals surface area contributed by atoms with Gasteiger partial charge in [-0.2, -0.15) is 0 Å². The molecule has 3 amide bonds. The fourth-order valence-corrected chi connectivity index (χ4v) is 2.47. The second kappa shape index (κ2) is 9.85. The number of rotatable bonds is 6. The van der Waals surface area contributed by atoms with Crippen molar-refractivity contribution in [3.63, 3.8) is 0 Å². The van der Waals surface area contributed by atoms with Gasteiger partial charge in [0.1, 0.15) is 5.60 Å². The minimum absolute atomic E-state index is 0.0407. The summed E-state index contributed by atoms with van der Waals surface area (Å²) in [5, 5.41) is 2.97. The van der Waals surface area contributed by atoms with E-state index in [1.807, 2.05) is 20.8 Å². The number of amides is 3. The van der Waals surface area contributed by atoms with Gasteiger partial charge in [0.25, 0.3) is 0 Å². The Morgan fingerprint density at radius 1 is 1.08 bits per heavy atom. The molecule has 7 heteroatoms. The number of carbonyl (C=O) groups is 2. The minimum Gasteiger partial charge on any atom is -0.444 e. The van der Waals surface area contributed by atoms with Crippen LogP contribution in [0.3, 0.4) is 0 Å². The second-order valence-corrected chi connectivity index (χ2v) is 7.97. The SMILES string of the molecule is CC(C)N(C)CCCCNC(=O)N1CCN(C(=O)OC(C)(C)C)CC1. The summed E-state index contributed by atoms with van der Waals surface area (Å²) >= 11 is 0. The van der Waals surface area contributed by atoms with Gasteiger partial charge in [0.15, 0.2) is 0 Å². The monoisotopic (exact) mass is 356 g/mol. The van der Waals surface area contributed by atoms with Crippen molar-refractivity contribution < 1.29 is 14.3 Å². The first-order valence-corrected chi connectivity index (χ1v) is 9.31. The van der Waals surface area contributed by atoms with Crippen molar-refractivity contribution in [2.45, 2.75) is 59.1 Å². The zero-order valence-corrected chi connectivity index (χ0v) is 16.8. The lowest BCUT2D eigenvalue weighted by molar-refractivity contribution is 0.0170. The summed E-state index contributed by atoms with van der Waals surface area (Å²) < 4.78 is 5.36. The molecule has 1 heterocycles. The van der Waals surface area contributed by atoms with Crippen molar-refractivity contribution in [1.29, 1.82) is 0 Å². The summed E-state index contributed by atoms with van der Waals surface area (Å²) in [5.74, 6) is 0. The third kappa shape index (κ3) is 8.43. The maximum Gasteiger partial charge on any atom is 0.410 e. The van der Waals surface area contributed by atoms with Crippen LogP contribution in [0, 0.1) is 0 Å². The average molecular weight is 357 g/mol. The van der Waals surface area contributed by atoms with E-state index in [-0.39, 0.29) is 12.1 Å². The Bertz CT molecular complexity index is 427. The molecule has 0 atom stereocenters. The van der Waals surface area contributed by atoms with Gasteiger partial charge in [-0.1, -0.05) is 0 Å². The summed E-state index contributed by atoms with van der Waals surface area (Å²) in [6, 6.07) is 0.511. The molecule has 1 aliphatic rings. The largest absolute Gasteiger partial charge is 0.444 e. The van der Waals surface area contributed by atoms with Crippen LogP contribution in [0.4, 0.5) is 9.59 Å². The first-order valence-electron chi connectivity index (χ1n) is 9.31. The lowest BCUT2D eigenvalue weighted by atomic mass is 10.2. The van der Waals surface area contributed by atoms with E-state index in [1.54, 1.807) is 9.80 Å². The Morgan fingerprint density at radius 2 is 1.64 bits per heavy atom. The molecule has 0 spiro atoms. The van der Waals surface area contributed by atoms with Gasteiger partial charge >= 0.3 is 12.1 Å². The number of nitrogens with one attached hydrogen (secondary N) is 1. The van der Waals surface area contributed by atoms with E-state index < -0.39 is 5.60 Å². The van der Waals surface area contributed by atoms with E-state index >= 15 is 0 Å². The molecule has 0 unspecified atom stereocenters. The number of nitrogens with zero attached hydrogens (tertiary/aromatic N) is 3. The van der Waals surface area contributed by atoms with Crippen molar-refractivity contribution in [2.75, 3.05) is 46.3 Å². The van der Waals surface area contributed by atoms with Gasteiger partial charge in [-0.25, -0.2) is 9.59 Å². The van der Waals surface area contributed by atoms with Crippen molar-refractivity contribution in [1.82, 2.24) is 20.0 Å². The van der Waals surface area contributed by atoms with Gasteiger partial charge in [0.2, 0.25) is 0 Å². The predicted molar refractivity (Wildman–Crippen MR) is 99.8 cm³/mol. The zero-order valence-electron chi connectivity index (χ0n) is 16.8. The molecule has 146 valence electrons. The van der Waals surface area contributed by atoms with E-state index in [0.717, 1.165) is 19.4 Å². The molecule has 1 aliphatic heterocycles. The Morgan fingerprint density at radius 3 is 2.16 bits per heavy atom. The van der Waals surface area contributed by atoms with E-state index in [4.69, 9.17) is 4.74 Å². The number of carbonyl (C=O) groups excluding carboxylic acids is 2. The Hall–Kier alpha value is -1.50. The quantitative estimate of drug-likeness (QED) is 0.742. The van der Waals surface area contributed by atoms with E-state index in [2.05, 4.69) is 31.1 Å². The van der Waals surface area contributed by atoms with Gasteiger partial charge < -0.3 is 24.8 Å². The molecular formula is C18H36N4O3. The molecule has 1 fully saturated rings. The number of urea groups is 1. The summed E-state index contributed by atoms with van der Waals surface area (Å²) in [6.07, 6.45) is 1.74. The molecule has 1 rings (SSSR count). The molecule has 0 aromatic rings. The highest BCUT2D eigenvalue weighted by Gasteiger charge is 2.27. The van der Waals surface area contributed by atoms with Crippen molar-refractivity contribution in [3.8, 4) is 0 Å². The highest BCUT2D eigenvalue weighted by Crippen LogP contribution is 2.11. The van der Waals surface area contributed by atoms with E-state index in [0.29, 0.717) is 38.8 Å². The Labute approximate surface area is 152 Å². The maximum absolute atomic E-state index is 12.2. The van der Waals surface area contributed by atoms with Crippen LogP contribution in [-0.4, -0.2) is 84.8 Å². The average Bonchev–Trinajstić information content (AvgIpc) is 2.52. The van der Waals surface area contributed by atoms with Crippen LogP contribution in [-0.2, 0) is 4.74 Å². The fraction of sp³-hybridized carbons (Fsp3) is 0.889. The normalized spacial score (nSPS) is 15.7. The standard InChI is InChI=1S/C18H36N4O3/c1-15(2)20(6)10-8-7-9-19-16(23)21-11-13-22(14-12-21)17(24)25-18(3,4)5/h15H,7-14H2,1-6H3,(H,19,23). The number of piperazine rings is 1. The molecule has 0 bridgehead atoms. The van der Waals surface area contributed by atoms with Crippen LogP contribution in [0.15, 0.2) is 0 Å². The van der Waals surface area contributed by atoms with Gasteiger partial charge in [0.05, 0.1) is 0 Å². The summed E-state index contributed by atoms with van der Waals surface area (Å²) in [7, 11) is 2.12. The number of unbranched alkanes of at least 4 members (excludes halogenated alkanes) is 1. The summed E-state index contributed by atoms with van der Waals surface area (Å²) in [4.78, 5) is 29.9. The van der Waals surface area contributed by atoms with Crippen LogP contribution >= 0.6 is 0 Å². The number of ether oxygens (including phenoxy) is 1. The number of hydrogen-bond acceptors (Lipinski definition) is 4. The number of hydrogen-bond donors (Lipinski definition) is 1.